The second kappa shape index (κ2) is 8.94. The minimum Gasteiger partial charge on any atom is -0.288 e. The van der Waals surface area contributed by atoms with Gasteiger partial charge in [-0.15, -0.1) is 22.7 Å². The first-order valence-electron chi connectivity index (χ1n) is 10.6. The minimum absolute atomic E-state index is 0.180. The molecule has 0 saturated carbocycles. The van der Waals surface area contributed by atoms with Crippen LogP contribution in [0, 0.1) is 5.92 Å². The van der Waals surface area contributed by atoms with E-state index in [0.717, 1.165) is 19.8 Å². The molecule has 10 heteroatoms. The minimum atomic E-state index is -0.408. The first-order chi connectivity index (χ1) is 16.4. The van der Waals surface area contributed by atoms with E-state index in [4.69, 9.17) is 0 Å². The molecule has 0 unspecified atom stereocenters. The van der Waals surface area contributed by atoms with E-state index in [9.17, 15) is 14.4 Å². The second-order valence-corrected chi connectivity index (χ2v) is 11.3. The average molecular weight is 509 g/mol. The lowest BCUT2D eigenvalue weighted by atomic mass is 10.0. The molecule has 5 rings (SSSR count). The predicted octanol–water partition coefficient (Wildman–Crippen LogP) is 4.80. The number of thiazole rings is 1. The summed E-state index contributed by atoms with van der Waals surface area (Å²) in [7, 11) is 1.48. The molecule has 0 N–H and O–H groups in total. The molecular weight excluding hydrogens is 488 g/mol. The number of nitrogens with zero attached hydrogens (tertiary/aromatic N) is 4. The highest BCUT2D eigenvalue weighted by atomic mass is 32.2. The van der Waals surface area contributed by atoms with E-state index in [1.807, 2.05) is 43.5 Å². The van der Waals surface area contributed by atoms with Crippen LogP contribution in [0.4, 0.5) is 0 Å². The van der Waals surface area contributed by atoms with Gasteiger partial charge in [0.15, 0.2) is 4.34 Å². The van der Waals surface area contributed by atoms with Crippen LogP contribution in [0.15, 0.2) is 66.9 Å². The molecule has 0 fully saturated rings. The zero-order valence-corrected chi connectivity index (χ0v) is 21.1. The molecule has 0 amide bonds. The van der Waals surface area contributed by atoms with E-state index in [2.05, 4.69) is 9.97 Å². The lowest BCUT2D eigenvalue weighted by molar-refractivity contribution is 0.104. The Labute approximate surface area is 206 Å². The lowest BCUT2D eigenvalue weighted by Crippen LogP contribution is -2.38. The third kappa shape index (κ3) is 3.81. The number of carbonyl (C=O) groups is 1. The summed E-state index contributed by atoms with van der Waals surface area (Å²) < 4.78 is 3.45. The summed E-state index contributed by atoms with van der Waals surface area (Å²) in [5.41, 5.74) is 0.435. The molecule has 0 saturated heterocycles. The molecular formula is C24H20N4O3S3. The van der Waals surface area contributed by atoms with Gasteiger partial charge in [-0.2, -0.15) is 0 Å². The van der Waals surface area contributed by atoms with Gasteiger partial charge in [0.2, 0.25) is 5.78 Å². The topological polar surface area (TPSA) is 86.9 Å². The van der Waals surface area contributed by atoms with Crippen LogP contribution in [-0.4, -0.2) is 24.9 Å². The van der Waals surface area contributed by atoms with Gasteiger partial charge in [-0.25, -0.2) is 9.78 Å². The van der Waals surface area contributed by atoms with Crippen LogP contribution in [0.1, 0.15) is 29.1 Å². The molecule has 0 bridgehead atoms. The van der Waals surface area contributed by atoms with Crippen molar-refractivity contribution in [3.63, 3.8) is 0 Å². The standard InChI is InChI=1S/C24H20N4O3S3/c1-13(2)12-28-22-17(21(30)27(3)24(28)31)19(34-23-26-10-11-32-23)20(33-22)18(29)15-8-9-25-16-7-5-4-6-14(15)16/h4-11,13H,12H2,1-3H3. The lowest BCUT2D eigenvalue weighted by Gasteiger charge is -2.11. The first kappa shape index (κ1) is 22.7. The average Bonchev–Trinajstić information content (AvgIpc) is 3.48. The van der Waals surface area contributed by atoms with Gasteiger partial charge in [-0.05, 0) is 18.1 Å². The number of carbonyl (C=O) groups excluding carboxylic acids is 1. The molecule has 0 aliphatic heterocycles. The summed E-state index contributed by atoms with van der Waals surface area (Å²) in [6.45, 7) is 4.46. The summed E-state index contributed by atoms with van der Waals surface area (Å²) >= 11 is 3.93. The van der Waals surface area contributed by atoms with Crippen molar-refractivity contribution in [3.8, 4) is 0 Å². The molecule has 0 aliphatic carbocycles. The molecule has 4 heterocycles. The maximum absolute atomic E-state index is 13.9. The van der Waals surface area contributed by atoms with Crippen molar-refractivity contribution in [1.82, 2.24) is 19.1 Å². The highest BCUT2D eigenvalue weighted by molar-refractivity contribution is 8.01. The van der Waals surface area contributed by atoms with Crippen LogP contribution >= 0.6 is 34.4 Å². The zero-order chi connectivity index (χ0) is 24.0. The van der Waals surface area contributed by atoms with Gasteiger partial charge in [-0.1, -0.05) is 43.8 Å². The van der Waals surface area contributed by atoms with Crippen molar-refractivity contribution in [1.29, 1.82) is 0 Å². The Hall–Kier alpha value is -3.08. The van der Waals surface area contributed by atoms with Crippen molar-refractivity contribution in [2.75, 3.05) is 0 Å². The summed E-state index contributed by atoms with van der Waals surface area (Å²) in [5.74, 6) is -0.0247. The van der Waals surface area contributed by atoms with Crippen LogP contribution in [-0.2, 0) is 13.6 Å². The number of thiophene rings is 1. The molecule has 1 aromatic carbocycles. The second-order valence-electron chi connectivity index (χ2n) is 8.20. The number of benzene rings is 1. The van der Waals surface area contributed by atoms with E-state index < -0.39 is 5.56 Å². The van der Waals surface area contributed by atoms with Crippen LogP contribution in [0.5, 0.6) is 0 Å². The molecule has 7 nitrogen and oxygen atoms in total. The molecule has 0 atom stereocenters. The quantitative estimate of drug-likeness (QED) is 0.306. The number of aromatic nitrogens is 4. The monoisotopic (exact) mass is 508 g/mol. The number of para-hydroxylation sites is 1. The highest BCUT2D eigenvalue weighted by Crippen LogP contribution is 2.42. The van der Waals surface area contributed by atoms with E-state index in [-0.39, 0.29) is 17.4 Å². The van der Waals surface area contributed by atoms with Crippen molar-refractivity contribution >= 4 is 61.3 Å². The largest absolute Gasteiger partial charge is 0.331 e. The van der Waals surface area contributed by atoms with Gasteiger partial charge in [0, 0.05) is 42.3 Å². The van der Waals surface area contributed by atoms with Crippen LogP contribution in [0.2, 0.25) is 0 Å². The number of ketones is 1. The number of fused-ring (bicyclic) bond motifs is 2. The fourth-order valence-corrected chi connectivity index (χ4v) is 7.03. The fraction of sp³-hybridized carbons (Fsp3) is 0.208. The third-order valence-electron chi connectivity index (χ3n) is 5.37. The van der Waals surface area contributed by atoms with Gasteiger partial charge in [0.1, 0.15) is 4.83 Å². The van der Waals surface area contributed by atoms with E-state index in [1.54, 1.807) is 23.0 Å². The van der Waals surface area contributed by atoms with Crippen molar-refractivity contribution in [2.24, 2.45) is 13.0 Å². The van der Waals surface area contributed by atoms with Gasteiger partial charge < -0.3 is 0 Å². The van der Waals surface area contributed by atoms with Crippen molar-refractivity contribution in [3.05, 3.63) is 79.4 Å². The molecule has 172 valence electrons. The van der Waals surface area contributed by atoms with E-state index in [0.29, 0.717) is 32.1 Å². The molecule has 0 aliphatic rings. The Morgan fingerprint density at radius 2 is 1.91 bits per heavy atom. The summed E-state index contributed by atoms with van der Waals surface area (Å²) in [6.07, 6.45) is 3.30. The van der Waals surface area contributed by atoms with Crippen LogP contribution in [0.3, 0.4) is 0 Å². The van der Waals surface area contributed by atoms with E-state index >= 15 is 0 Å². The molecule has 5 aromatic rings. The number of hydrogen-bond donors (Lipinski definition) is 0. The fourth-order valence-electron chi connectivity index (χ4n) is 3.84. The van der Waals surface area contributed by atoms with Gasteiger partial charge in [0.25, 0.3) is 5.56 Å². The number of pyridine rings is 1. The number of hydrogen-bond acceptors (Lipinski definition) is 8. The van der Waals surface area contributed by atoms with Gasteiger partial charge >= 0.3 is 5.69 Å². The van der Waals surface area contributed by atoms with Crippen molar-refractivity contribution in [2.45, 2.75) is 29.6 Å². The normalized spacial score (nSPS) is 11.6. The first-order valence-corrected chi connectivity index (χ1v) is 13.1. The summed E-state index contributed by atoms with van der Waals surface area (Å²) in [4.78, 5) is 50.5. The third-order valence-corrected chi connectivity index (χ3v) is 8.71. The number of rotatable bonds is 6. The van der Waals surface area contributed by atoms with Gasteiger partial charge in [-0.3, -0.25) is 23.7 Å². The van der Waals surface area contributed by atoms with E-state index in [1.165, 1.54) is 41.5 Å². The maximum Gasteiger partial charge on any atom is 0.331 e. The van der Waals surface area contributed by atoms with Crippen LogP contribution < -0.4 is 11.2 Å². The maximum atomic E-state index is 13.9. The predicted molar refractivity (Wildman–Crippen MR) is 138 cm³/mol. The Morgan fingerprint density at radius 1 is 1.12 bits per heavy atom. The molecule has 0 radical (unpaired) electrons. The Kier molecular flexibility index (Phi) is 5.97. The molecule has 34 heavy (non-hydrogen) atoms. The summed E-state index contributed by atoms with van der Waals surface area (Å²) in [6, 6.07) is 9.17. The highest BCUT2D eigenvalue weighted by Gasteiger charge is 2.27. The van der Waals surface area contributed by atoms with Crippen LogP contribution in [0.25, 0.3) is 21.1 Å². The Morgan fingerprint density at radius 3 is 2.65 bits per heavy atom. The molecule has 4 aromatic heterocycles. The SMILES string of the molecule is CC(C)Cn1c(=O)n(C)c(=O)c2c(Sc3nccs3)c(C(=O)c3ccnc4ccccc34)sc21. The Balaban J connectivity index is 1.83. The smallest absolute Gasteiger partial charge is 0.288 e. The Bertz CT molecular complexity index is 1660. The molecule has 0 spiro atoms. The zero-order valence-electron chi connectivity index (χ0n) is 18.6. The summed E-state index contributed by atoms with van der Waals surface area (Å²) in [5, 5.41) is 2.97. The van der Waals surface area contributed by atoms with Crippen molar-refractivity contribution < 1.29 is 4.79 Å². The van der Waals surface area contributed by atoms with Gasteiger partial charge in [0.05, 0.1) is 20.7 Å².